The quantitative estimate of drug-likeness (QED) is 0.484. The average Bonchev–Trinajstić information content (AvgIpc) is 2.56. The van der Waals surface area contributed by atoms with Gasteiger partial charge in [0.05, 0.1) is 16.7 Å². The Labute approximate surface area is 128 Å². The predicted octanol–water partition coefficient (Wildman–Crippen LogP) is 3.63. The van der Waals surface area contributed by atoms with E-state index in [2.05, 4.69) is 9.97 Å². The summed E-state index contributed by atoms with van der Waals surface area (Å²) in [6.45, 7) is 0. The lowest BCUT2D eigenvalue weighted by atomic mass is 10.2. The third-order valence-electron chi connectivity index (χ3n) is 3.28. The average molecular weight is 288 g/mol. The van der Waals surface area contributed by atoms with Gasteiger partial charge in [-0.3, -0.25) is 4.98 Å². The largest absolute Gasteiger partial charge is 0.397 e. The molecule has 4 heteroatoms. The molecule has 0 saturated carbocycles. The molecule has 0 unspecified atom stereocenters. The van der Waals surface area contributed by atoms with E-state index in [1.165, 1.54) is 0 Å². The van der Waals surface area contributed by atoms with Crippen molar-refractivity contribution in [3.8, 4) is 0 Å². The Bertz CT molecular complexity index is 907. The van der Waals surface area contributed by atoms with Gasteiger partial charge in [0.2, 0.25) is 0 Å². The fourth-order valence-electron chi connectivity index (χ4n) is 2.21. The van der Waals surface area contributed by atoms with Crippen LogP contribution in [0.2, 0.25) is 0 Å². The van der Waals surface area contributed by atoms with Gasteiger partial charge >= 0.3 is 0 Å². The molecule has 2 aromatic carbocycles. The van der Waals surface area contributed by atoms with Crippen molar-refractivity contribution in [1.82, 2.24) is 9.97 Å². The van der Waals surface area contributed by atoms with Crippen molar-refractivity contribution in [2.24, 2.45) is 0 Å². The van der Waals surface area contributed by atoms with E-state index in [0.29, 0.717) is 5.82 Å². The van der Waals surface area contributed by atoms with Gasteiger partial charge in [-0.05, 0) is 30.3 Å². The molecule has 4 aromatic rings. The predicted molar refractivity (Wildman–Crippen MR) is 92.3 cm³/mol. The minimum atomic E-state index is 0.573. The highest BCUT2D eigenvalue weighted by Crippen LogP contribution is 2.16. The summed E-state index contributed by atoms with van der Waals surface area (Å²) >= 11 is 0. The second kappa shape index (κ2) is 6.10. The first-order valence-electron chi connectivity index (χ1n) is 6.94. The van der Waals surface area contributed by atoms with Crippen LogP contribution in [0.4, 0.5) is 11.5 Å². The SMILES string of the molecule is Nc1ccc2ccccc2n1.Nc1cccc2cccnc12. The summed E-state index contributed by atoms with van der Waals surface area (Å²) in [5, 5.41) is 2.22. The molecular weight excluding hydrogens is 272 g/mol. The Hall–Kier alpha value is -3.14. The number of hydrogen-bond acceptors (Lipinski definition) is 4. The molecule has 0 atom stereocenters. The zero-order valence-corrected chi connectivity index (χ0v) is 12.0. The molecule has 0 bridgehead atoms. The molecule has 2 aromatic heterocycles. The van der Waals surface area contributed by atoms with E-state index in [1.54, 1.807) is 6.20 Å². The lowest BCUT2D eigenvalue weighted by Crippen LogP contribution is -1.88. The van der Waals surface area contributed by atoms with Crippen LogP contribution in [0.25, 0.3) is 21.8 Å². The first kappa shape index (κ1) is 13.8. The summed E-state index contributed by atoms with van der Waals surface area (Å²) in [5.41, 5.74) is 13.8. The van der Waals surface area contributed by atoms with Crippen LogP contribution in [0.5, 0.6) is 0 Å². The number of benzene rings is 2. The molecule has 0 radical (unpaired) electrons. The molecule has 22 heavy (non-hydrogen) atoms. The van der Waals surface area contributed by atoms with E-state index in [-0.39, 0.29) is 0 Å². The highest BCUT2D eigenvalue weighted by molar-refractivity contribution is 5.88. The number of hydrogen-bond donors (Lipinski definition) is 2. The number of pyridine rings is 2. The molecule has 0 aliphatic rings. The van der Waals surface area contributed by atoms with Crippen LogP contribution in [0.1, 0.15) is 0 Å². The Morgan fingerprint density at radius 2 is 1.45 bits per heavy atom. The number of aromatic nitrogens is 2. The highest BCUT2D eigenvalue weighted by Gasteiger charge is 1.94. The van der Waals surface area contributed by atoms with Gasteiger partial charge in [0.1, 0.15) is 5.82 Å². The third kappa shape index (κ3) is 2.96. The van der Waals surface area contributed by atoms with Crippen molar-refractivity contribution in [2.75, 3.05) is 11.5 Å². The van der Waals surface area contributed by atoms with Gasteiger partial charge in [-0.25, -0.2) is 4.98 Å². The fraction of sp³-hybridized carbons (Fsp3) is 0. The minimum absolute atomic E-state index is 0.573. The van der Waals surface area contributed by atoms with Crippen molar-refractivity contribution < 1.29 is 0 Å². The van der Waals surface area contributed by atoms with Crippen LogP contribution in [0, 0.1) is 0 Å². The van der Waals surface area contributed by atoms with Crippen molar-refractivity contribution in [3.63, 3.8) is 0 Å². The normalized spacial score (nSPS) is 10.2. The summed E-state index contributed by atoms with van der Waals surface area (Å²) in [7, 11) is 0. The second-order valence-corrected chi connectivity index (χ2v) is 4.85. The third-order valence-corrected chi connectivity index (χ3v) is 3.28. The maximum absolute atomic E-state index is 5.69. The first-order chi connectivity index (χ1) is 10.7. The fourth-order valence-corrected chi connectivity index (χ4v) is 2.21. The summed E-state index contributed by atoms with van der Waals surface area (Å²) in [6, 6.07) is 21.4. The number of nitrogens with zero attached hydrogens (tertiary/aromatic N) is 2. The minimum Gasteiger partial charge on any atom is -0.397 e. The smallest absolute Gasteiger partial charge is 0.124 e. The zero-order chi connectivity index (χ0) is 15.4. The molecule has 0 spiro atoms. The number of rotatable bonds is 0. The zero-order valence-electron chi connectivity index (χ0n) is 12.0. The van der Waals surface area contributed by atoms with Crippen LogP contribution in [0.15, 0.2) is 72.9 Å². The molecule has 108 valence electrons. The summed E-state index contributed by atoms with van der Waals surface area (Å²) in [6.07, 6.45) is 1.75. The molecule has 0 aliphatic carbocycles. The number of anilines is 2. The Morgan fingerprint density at radius 3 is 2.32 bits per heavy atom. The lowest BCUT2D eigenvalue weighted by molar-refractivity contribution is 1.41. The molecule has 4 rings (SSSR count). The first-order valence-corrected chi connectivity index (χ1v) is 6.94. The molecule has 0 aliphatic heterocycles. The molecule has 0 amide bonds. The Balaban J connectivity index is 0.000000131. The van der Waals surface area contributed by atoms with Crippen molar-refractivity contribution in [2.45, 2.75) is 0 Å². The maximum atomic E-state index is 5.69. The van der Waals surface area contributed by atoms with Crippen LogP contribution in [-0.4, -0.2) is 9.97 Å². The molecule has 4 N–H and O–H groups in total. The van der Waals surface area contributed by atoms with Crippen LogP contribution in [-0.2, 0) is 0 Å². The van der Waals surface area contributed by atoms with E-state index in [1.807, 2.05) is 66.7 Å². The van der Waals surface area contributed by atoms with E-state index >= 15 is 0 Å². The van der Waals surface area contributed by atoms with Crippen LogP contribution >= 0.6 is 0 Å². The lowest BCUT2D eigenvalue weighted by Gasteiger charge is -1.97. The van der Waals surface area contributed by atoms with E-state index in [0.717, 1.165) is 27.5 Å². The van der Waals surface area contributed by atoms with Crippen molar-refractivity contribution in [1.29, 1.82) is 0 Å². The molecular formula is C18H16N4. The maximum Gasteiger partial charge on any atom is 0.124 e. The van der Waals surface area contributed by atoms with Crippen molar-refractivity contribution >= 4 is 33.3 Å². The van der Waals surface area contributed by atoms with Gasteiger partial charge < -0.3 is 11.5 Å². The van der Waals surface area contributed by atoms with Gasteiger partial charge in [-0.15, -0.1) is 0 Å². The van der Waals surface area contributed by atoms with E-state index in [9.17, 15) is 0 Å². The second-order valence-electron chi connectivity index (χ2n) is 4.85. The summed E-state index contributed by atoms with van der Waals surface area (Å²) < 4.78 is 0. The van der Waals surface area contributed by atoms with Gasteiger partial charge in [0, 0.05) is 17.0 Å². The molecule has 4 nitrogen and oxygen atoms in total. The molecule has 0 saturated heterocycles. The van der Waals surface area contributed by atoms with Gasteiger partial charge in [-0.1, -0.05) is 36.4 Å². The van der Waals surface area contributed by atoms with E-state index < -0.39 is 0 Å². The summed E-state index contributed by atoms with van der Waals surface area (Å²) in [4.78, 5) is 8.31. The van der Waals surface area contributed by atoms with Gasteiger partial charge in [-0.2, -0.15) is 0 Å². The van der Waals surface area contributed by atoms with Crippen molar-refractivity contribution in [3.05, 3.63) is 72.9 Å². The van der Waals surface area contributed by atoms with Gasteiger partial charge in [0.25, 0.3) is 0 Å². The molecule has 0 fully saturated rings. The molecule has 2 heterocycles. The topological polar surface area (TPSA) is 77.8 Å². The van der Waals surface area contributed by atoms with Crippen LogP contribution in [0.3, 0.4) is 0 Å². The Kier molecular flexibility index (Phi) is 3.83. The van der Waals surface area contributed by atoms with Crippen LogP contribution < -0.4 is 11.5 Å². The number of para-hydroxylation sites is 2. The van der Waals surface area contributed by atoms with Gasteiger partial charge in [0.15, 0.2) is 0 Å². The monoisotopic (exact) mass is 288 g/mol. The summed E-state index contributed by atoms with van der Waals surface area (Å²) in [5.74, 6) is 0.573. The van der Waals surface area contributed by atoms with E-state index in [4.69, 9.17) is 11.5 Å². The number of nitrogens with two attached hydrogens (primary N) is 2. The number of fused-ring (bicyclic) bond motifs is 2. The number of nitrogen functional groups attached to an aromatic ring is 2. The highest BCUT2D eigenvalue weighted by atomic mass is 14.8. The Morgan fingerprint density at radius 1 is 0.682 bits per heavy atom. The standard InChI is InChI=1S/2C9H8N2/c10-8-5-1-3-7-4-2-6-11-9(7)8;10-9-6-5-7-3-1-2-4-8(7)11-9/h1-6H,10H2;1-6H,(H2,10,11).